The first-order valence-electron chi connectivity index (χ1n) is 9.02. The van der Waals surface area contributed by atoms with Crippen LogP contribution in [0.3, 0.4) is 0 Å². The van der Waals surface area contributed by atoms with Gasteiger partial charge in [-0.1, -0.05) is 93.6 Å². The molecule has 0 aromatic heterocycles. The maximum absolute atomic E-state index is 6.78. The van der Waals surface area contributed by atoms with Crippen molar-refractivity contribution < 1.29 is 9.16 Å². The Kier molecular flexibility index (Phi) is 5.28. The Hall–Kier alpha value is -1.68. The highest BCUT2D eigenvalue weighted by atomic mass is 28.4. The Morgan fingerprint density at radius 2 is 1.44 bits per heavy atom. The molecule has 0 radical (unpaired) electrons. The van der Waals surface area contributed by atoms with E-state index in [-0.39, 0.29) is 11.1 Å². The smallest absolute Gasteiger partial charge is 0.261 e. The molecule has 0 unspecified atom stereocenters. The number of epoxide rings is 1. The standard InChI is InChI=1S/C22H28O2Si/c1-18-21(24-18)16-11-17-23-25(22(2,3)4,19-12-7-5-8-13-19)20-14-9-6-10-15-20/h5-16,18,21H,17H2,1-4H3/b16-11+/t18-,21-/m0/s1. The zero-order valence-corrected chi connectivity index (χ0v) is 16.6. The summed E-state index contributed by atoms with van der Waals surface area (Å²) in [5.41, 5.74) is 0. The molecular weight excluding hydrogens is 324 g/mol. The van der Waals surface area contributed by atoms with Gasteiger partial charge in [0.15, 0.2) is 0 Å². The van der Waals surface area contributed by atoms with Crippen LogP contribution >= 0.6 is 0 Å². The van der Waals surface area contributed by atoms with E-state index in [9.17, 15) is 0 Å². The van der Waals surface area contributed by atoms with Crippen LogP contribution in [0.1, 0.15) is 27.7 Å². The molecule has 3 rings (SSSR count). The summed E-state index contributed by atoms with van der Waals surface area (Å²) in [6, 6.07) is 21.5. The molecule has 1 fully saturated rings. The van der Waals surface area contributed by atoms with Gasteiger partial charge in [0, 0.05) is 0 Å². The predicted octanol–water partition coefficient (Wildman–Crippen LogP) is 3.91. The third kappa shape index (κ3) is 3.79. The molecule has 0 N–H and O–H groups in total. The lowest BCUT2D eigenvalue weighted by Gasteiger charge is -2.42. The maximum atomic E-state index is 6.78. The van der Waals surface area contributed by atoms with Gasteiger partial charge in [0.25, 0.3) is 8.32 Å². The minimum atomic E-state index is -2.41. The fourth-order valence-corrected chi connectivity index (χ4v) is 8.03. The van der Waals surface area contributed by atoms with E-state index >= 15 is 0 Å². The van der Waals surface area contributed by atoms with Gasteiger partial charge in [0.2, 0.25) is 0 Å². The number of hydrogen-bond donors (Lipinski definition) is 0. The molecule has 1 heterocycles. The van der Waals surface area contributed by atoms with E-state index in [4.69, 9.17) is 9.16 Å². The molecule has 25 heavy (non-hydrogen) atoms. The first-order valence-corrected chi connectivity index (χ1v) is 10.9. The molecule has 2 nitrogen and oxygen atoms in total. The number of benzene rings is 2. The Bertz CT molecular complexity index is 664. The van der Waals surface area contributed by atoms with E-state index in [1.807, 2.05) is 0 Å². The van der Waals surface area contributed by atoms with Gasteiger partial charge in [-0.2, -0.15) is 0 Å². The third-order valence-corrected chi connectivity index (χ3v) is 9.90. The minimum absolute atomic E-state index is 0.0208. The Morgan fingerprint density at radius 3 is 1.84 bits per heavy atom. The summed E-state index contributed by atoms with van der Waals surface area (Å²) < 4.78 is 12.2. The average molecular weight is 353 g/mol. The second-order valence-corrected chi connectivity index (χ2v) is 12.0. The van der Waals surface area contributed by atoms with Gasteiger partial charge in [0.1, 0.15) is 6.10 Å². The lowest BCUT2D eigenvalue weighted by atomic mass is 10.2. The molecule has 0 aliphatic carbocycles. The highest BCUT2D eigenvalue weighted by Crippen LogP contribution is 2.36. The highest BCUT2D eigenvalue weighted by molar-refractivity contribution is 6.99. The molecule has 0 amide bonds. The Balaban J connectivity index is 1.98. The minimum Gasteiger partial charge on any atom is -0.404 e. The molecule has 1 aliphatic rings. The van der Waals surface area contributed by atoms with Crippen LogP contribution < -0.4 is 10.4 Å². The van der Waals surface area contributed by atoms with Crippen molar-refractivity contribution in [2.24, 2.45) is 0 Å². The molecule has 2 aromatic carbocycles. The zero-order chi connectivity index (χ0) is 17.9. The zero-order valence-electron chi connectivity index (χ0n) is 15.6. The van der Waals surface area contributed by atoms with Crippen molar-refractivity contribution in [3.05, 3.63) is 72.8 Å². The predicted molar refractivity (Wildman–Crippen MR) is 107 cm³/mol. The molecule has 1 aliphatic heterocycles. The number of rotatable bonds is 6. The lowest BCUT2D eigenvalue weighted by molar-refractivity contribution is 0.338. The van der Waals surface area contributed by atoms with E-state index in [1.54, 1.807) is 0 Å². The SMILES string of the molecule is C[C@@H]1O[C@H]1/C=C/CO[Si](c1ccccc1)(c1ccccc1)C(C)(C)C. The highest BCUT2D eigenvalue weighted by Gasteiger charge is 2.49. The van der Waals surface area contributed by atoms with Crippen LogP contribution in [-0.2, 0) is 9.16 Å². The Labute approximate surface area is 152 Å². The lowest BCUT2D eigenvalue weighted by Crippen LogP contribution is -2.66. The molecule has 3 heteroatoms. The van der Waals surface area contributed by atoms with E-state index in [1.165, 1.54) is 10.4 Å². The molecule has 132 valence electrons. The molecule has 0 spiro atoms. The molecule has 0 saturated carbocycles. The van der Waals surface area contributed by atoms with E-state index in [0.717, 1.165) is 0 Å². The molecule has 2 atom stereocenters. The van der Waals surface area contributed by atoms with Gasteiger partial charge < -0.3 is 9.16 Å². The van der Waals surface area contributed by atoms with Crippen molar-refractivity contribution in [1.82, 2.24) is 0 Å². The fourth-order valence-electron chi connectivity index (χ4n) is 3.53. The molecule has 1 saturated heterocycles. The summed E-state index contributed by atoms with van der Waals surface area (Å²) in [7, 11) is -2.41. The quantitative estimate of drug-likeness (QED) is 0.447. The second kappa shape index (κ2) is 7.28. The first-order chi connectivity index (χ1) is 11.9. The normalized spacial score (nSPS) is 20.8. The van der Waals surface area contributed by atoms with Gasteiger partial charge in [-0.15, -0.1) is 0 Å². The van der Waals surface area contributed by atoms with Crippen molar-refractivity contribution in [3.63, 3.8) is 0 Å². The average Bonchev–Trinajstić information content (AvgIpc) is 3.31. The monoisotopic (exact) mass is 352 g/mol. The number of hydrogen-bond acceptors (Lipinski definition) is 2. The number of ether oxygens (including phenoxy) is 1. The van der Waals surface area contributed by atoms with Crippen LogP contribution in [0.2, 0.25) is 5.04 Å². The van der Waals surface area contributed by atoms with Crippen LogP contribution in [0.25, 0.3) is 0 Å². The van der Waals surface area contributed by atoms with Crippen LogP contribution in [0.5, 0.6) is 0 Å². The van der Waals surface area contributed by atoms with Gasteiger partial charge in [-0.05, 0) is 22.3 Å². The van der Waals surface area contributed by atoms with Gasteiger partial charge in [0.05, 0.1) is 12.7 Å². The van der Waals surface area contributed by atoms with Crippen molar-refractivity contribution in [2.45, 2.75) is 44.9 Å². The molecule has 0 bridgehead atoms. The maximum Gasteiger partial charge on any atom is 0.261 e. The van der Waals surface area contributed by atoms with E-state index in [0.29, 0.717) is 12.7 Å². The second-order valence-electron chi connectivity index (χ2n) is 7.71. The van der Waals surface area contributed by atoms with Crippen molar-refractivity contribution in [1.29, 1.82) is 0 Å². The van der Waals surface area contributed by atoms with Crippen molar-refractivity contribution in [2.75, 3.05) is 6.61 Å². The van der Waals surface area contributed by atoms with Crippen molar-refractivity contribution in [3.8, 4) is 0 Å². The Morgan fingerprint density at radius 1 is 0.960 bits per heavy atom. The summed E-state index contributed by atoms with van der Waals surface area (Å²) >= 11 is 0. The molecule has 2 aromatic rings. The van der Waals surface area contributed by atoms with Crippen LogP contribution in [0.4, 0.5) is 0 Å². The fraction of sp³-hybridized carbons (Fsp3) is 0.364. The third-order valence-electron chi connectivity index (χ3n) is 4.90. The van der Waals surface area contributed by atoms with Crippen LogP contribution in [0, 0.1) is 0 Å². The summed E-state index contributed by atoms with van der Waals surface area (Å²) in [6.07, 6.45) is 4.86. The largest absolute Gasteiger partial charge is 0.404 e. The van der Waals surface area contributed by atoms with Crippen LogP contribution in [0.15, 0.2) is 72.8 Å². The van der Waals surface area contributed by atoms with Gasteiger partial charge >= 0.3 is 0 Å². The summed E-state index contributed by atoms with van der Waals surface area (Å²) in [5.74, 6) is 0. The molecular formula is C22H28O2Si. The van der Waals surface area contributed by atoms with Crippen molar-refractivity contribution >= 4 is 18.7 Å². The topological polar surface area (TPSA) is 21.8 Å². The van der Waals surface area contributed by atoms with Gasteiger partial charge in [-0.25, -0.2) is 0 Å². The van der Waals surface area contributed by atoms with E-state index in [2.05, 4.69) is 101 Å². The summed E-state index contributed by atoms with van der Waals surface area (Å²) in [4.78, 5) is 0. The summed E-state index contributed by atoms with van der Waals surface area (Å²) in [6.45, 7) is 9.61. The van der Waals surface area contributed by atoms with E-state index < -0.39 is 8.32 Å². The summed E-state index contributed by atoms with van der Waals surface area (Å²) in [5, 5.41) is 2.66. The van der Waals surface area contributed by atoms with Gasteiger partial charge in [-0.3, -0.25) is 0 Å². The first kappa shape index (κ1) is 18.1. The van der Waals surface area contributed by atoms with Crippen LogP contribution in [-0.4, -0.2) is 27.1 Å².